The number of imidazole rings is 1. The van der Waals surface area contributed by atoms with Crippen molar-refractivity contribution in [2.75, 3.05) is 13.2 Å². The number of hydrogen-bond donors (Lipinski definition) is 1. The number of hydrogen-bond acceptors (Lipinski definition) is 5. The van der Waals surface area contributed by atoms with Crippen molar-refractivity contribution in [3.8, 4) is 5.75 Å². The summed E-state index contributed by atoms with van der Waals surface area (Å²) in [5.41, 5.74) is 0.914. The van der Waals surface area contributed by atoms with Crippen LogP contribution < -0.4 is 4.74 Å². The van der Waals surface area contributed by atoms with Gasteiger partial charge in [-0.1, -0.05) is 40.9 Å². The van der Waals surface area contributed by atoms with Crippen molar-refractivity contribution in [1.82, 2.24) is 9.55 Å². The second kappa shape index (κ2) is 13.8. The maximum Gasteiger partial charge on any atom is 0.291 e. The van der Waals surface area contributed by atoms with Gasteiger partial charge >= 0.3 is 0 Å². The molecule has 0 aliphatic carbocycles. The molecule has 2 aromatic carbocycles. The Hall–Kier alpha value is -2.52. The molecule has 0 amide bonds. The summed E-state index contributed by atoms with van der Waals surface area (Å²) in [7, 11) is 0. The van der Waals surface area contributed by atoms with E-state index in [2.05, 4.69) is 4.98 Å². The Labute approximate surface area is 200 Å². The van der Waals surface area contributed by atoms with Crippen LogP contribution in [0, 0.1) is 10.1 Å². The van der Waals surface area contributed by atoms with E-state index >= 15 is 0 Å². The Bertz CT molecular complexity index is 952. The van der Waals surface area contributed by atoms with Gasteiger partial charge in [0.15, 0.2) is 0 Å². The molecule has 0 bridgehead atoms. The minimum atomic E-state index is -1.50. The molecular formula is C21H22Cl3N3O5. The van der Waals surface area contributed by atoms with Crippen molar-refractivity contribution in [3.63, 3.8) is 0 Å². The molecule has 0 saturated heterocycles. The number of rotatable bonds is 10. The van der Waals surface area contributed by atoms with E-state index in [-0.39, 0.29) is 6.10 Å². The Kier molecular flexibility index (Phi) is 11.1. The van der Waals surface area contributed by atoms with E-state index in [0.29, 0.717) is 34.8 Å². The van der Waals surface area contributed by atoms with Crippen LogP contribution in [0.3, 0.4) is 0 Å². The topological polar surface area (TPSA) is 99.7 Å². The summed E-state index contributed by atoms with van der Waals surface area (Å²) in [6, 6.07) is 12.8. The van der Waals surface area contributed by atoms with Gasteiger partial charge in [0.1, 0.15) is 11.9 Å². The molecule has 0 spiro atoms. The first kappa shape index (κ1) is 25.7. The number of nitrogens with zero attached hydrogens (tertiary/aromatic N) is 3. The normalized spacial score (nSPS) is 11.3. The van der Waals surface area contributed by atoms with Crippen LogP contribution in [-0.2, 0) is 11.3 Å². The van der Waals surface area contributed by atoms with Crippen molar-refractivity contribution < 1.29 is 19.8 Å². The van der Waals surface area contributed by atoms with E-state index in [1.165, 1.54) is 0 Å². The third kappa shape index (κ3) is 9.74. The molecule has 172 valence electrons. The molecule has 1 heterocycles. The lowest BCUT2D eigenvalue weighted by Crippen LogP contribution is -2.13. The molecule has 11 heteroatoms. The highest BCUT2D eigenvalue weighted by Gasteiger charge is 2.16. The molecule has 0 fully saturated rings. The predicted molar refractivity (Wildman–Crippen MR) is 122 cm³/mol. The first-order valence-electron chi connectivity index (χ1n) is 9.59. The lowest BCUT2D eigenvalue weighted by Gasteiger charge is -2.20. The summed E-state index contributed by atoms with van der Waals surface area (Å²) >= 11 is 18.3. The van der Waals surface area contributed by atoms with Gasteiger partial charge in [0, 0.05) is 39.6 Å². The van der Waals surface area contributed by atoms with Crippen molar-refractivity contribution in [1.29, 1.82) is 0 Å². The monoisotopic (exact) mass is 501 g/mol. The number of benzene rings is 2. The van der Waals surface area contributed by atoms with Gasteiger partial charge in [-0.3, -0.25) is 0 Å². The molecule has 8 nitrogen and oxygen atoms in total. The van der Waals surface area contributed by atoms with Gasteiger partial charge in [0.2, 0.25) is 0 Å². The van der Waals surface area contributed by atoms with Crippen molar-refractivity contribution >= 4 is 34.8 Å². The van der Waals surface area contributed by atoms with E-state index in [1.54, 1.807) is 18.6 Å². The van der Waals surface area contributed by atoms with Crippen molar-refractivity contribution in [2.24, 2.45) is 0 Å². The van der Waals surface area contributed by atoms with Crippen LogP contribution in [0.5, 0.6) is 5.75 Å². The van der Waals surface area contributed by atoms with E-state index in [4.69, 9.17) is 59.6 Å². The molecular weight excluding hydrogens is 481 g/mol. The number of aromatic nitrogens is 2. The third-order valence-electron chi connectivity index (χ3n) is 4.19. The summed E-state index contributed by atoms with van der Waals surface area (Å²) in [5.74, 6) is 0.816. The summed E-state index contributed by atoms with van der Waals surface area (Å²) in [6.45, 7) is 1.85. The summed E-state index contributed by atoms with van der Waals surface area (Å²) in [6.07, 6.45) is 6.99. The minimum Gasteiger partial charge on any atom is -0.494 e. The maximum atomic E-state index is 8.36. The van der Waals surface area contributed by atoms with Crippen LogP contribution in [0.1, 0.15) is 24.5 Å². The zero-order valence-corrected chi connectivity index (χ0v) is 19.2. The SMILES string of the molecule is Clc1ccc(OCCCCOC(Cn2ccnc2)c2ccc(Cl)cc2Cl)cc1.O=[N+]([O-])O. The zero-order chi connectivity index (χ0) is 23.3. The lowest BCUT2D eigenvalue weighted by molar-refractivity contribution is -0.742. The lowest BCUT2D eigenvalue weighted by atomic mass is 10.1. The minimum absolute atomic E-state index is 0.184. The summed E-state index contributed by atoms with van der Waals surface area (Å²) < 4.78 is 13.8. The molecule has 1 N–H and O–H groups in total. The van der Waals surface area contributed by atoms with Crippen LogP contribution >= 0.6 is 34.8 Å². The number of halogens is 3. The second-order valence-electron chi connectivity index (χ2n) is 6.53. The average molecular weight is 503 g/mol. The standard InChI is InChI=1S/C21H21Cl3N2O2.HNO3/c22-16-3-6-18(7-4-16)27-11-1-2-12-28-21(14-26-10-9-25-15-26)19-8-5-17(23)13-20(19)24;2-1(3)4/h3-10,13,15,21H,1-2,11-12,14H2;(H,2,3,4). The van der Waals surface area contributed by atoms with Gasteiger partial charge < -0.3 is 19.2 Å². The first-order valence-corrected chi connectivity index (χ1v) is 10.7. The average Bonchev–Trinajstić information content (AvgIpc) is 3.24. The van der Waals surface area contributed by atoms with Gasteiger partial charge in [-0.15, -0.1) is 10.1 Å². The van der Waals surface area contributed by atoms with E-state index < -0.39 is 5.09 Å². The molecule has 1 unspecified atom stereocenters. The van der Waals surface area contributed by atoms with Gasteiger partial charge in [0.25, 0.3) is 5.09 Å². The van der Waals surface area contributed by atoms with Crippen LogP contribution in [0.15, 0.2) is 61.2 Å². The molecule has 3 rings (SSSR count). The molecule has 3 aromatic rings. The van der Waals surface area contributed by atoms with Gasteiger partial charge in [-0.05, 0) is 49.2 Å². The van der Waals surface area contributed by atoms with Crippen LogP contribution in [-0.4, -0.2) is 33.1 Å². The molecule has 1 aromatic heterocycles. The molecule has 0 aliphatic heterocycles. The molecule has 0 radical (unpaired) electrons. The van der Waals surface area contributed by atoms with Crippen LogP contribution in [0.2, 0.25) is 15.1 Å². The highest BCUT2D eigenvalue weighted by atomic mass is 35.5. The number of unbranched alkanes of at least 4 members (excludes halogenated alkanes) is 1. The van der Waals surface area contributed by atoms with Crippen LogP contribution in [0.25, 0.3) is 0 Å². The quantitative estimate of drug-likeness (QED) is 0.204. The fourth-order valence-electron chi connectivity index (χ4n) is 2.74. The van der Waals surface area contributed by atoms with E-state index in [1.807, 2.05) is 47.2 Å². The maximum absolute atomic E-state index is 8.36. The fraction of sp³-hybridized carbons (Fsp3) is 0.286. The van der Waals surface area contributed by atoms with E-state index in [9.17, 15) is 0 Å². The Morgan fingerprint density at radius 3 is 2.34 bits per heavy atom. The first-order chi connectivity index (χ1) is 15.3. The van der Waals surface area contributed by atoms with Crippen molar-refractivity contribution in [3.05, 3.63) is 91.9 Å². The smallest absolute Gasteiger partial charge is 0.291 e. The highest BCUT2D eigenvalue weighted by Crippen LogP contribution is 2.30. The predicted octanol–water partition coefficient (Wildman–Crippen LogP) is 6.11. The van der Waals surface area contributed by atoms with Gasteiger partial charge in [-0.2, -0.15) is 0 Å². The third-order valence-corrected chi connectivity index (χ3v) is 5.00. The summed E-state index contributed by atoms with van der Waals surface area (Å²) in [5, 5.41) is 15.5. The Balaban J connectivity index is 0.000000837. The fourth-order valence-corrected chi connectivity index (χ4v) is 3.40. The molecule has 32 heavy (non-hydrogen) atoms. The second-order valence-corrected chi connectivity index (χ2v) is 7.81. The Morgan fingerprint density at radius 1 is 1.06 bits per heavy atom. The van der Waals surface area contributed by atoms with Crippen LogP contribution in [0.4, 0.5) is 0 Å². The largest absolute Gasteiger partial charge is 0.494 e. The summed E-state index contributed by atoms with van der Waals surface area (Å²) in [4.78, 5) is 12.5. The highest BCUT2D eigenvalue weighted by molar-refractivity contribution is 6.35. The zero-order valence-electron chi connectivity index (χ0n) is 16.9. The Morgan fingerprint density at radius 2 is 1.72 bits per heavy atom. The molecule has 1 atom stereocenters. The van der Waals surface area contributed by atoms with Crippen molar-refractivity contribution in [2.45, 2.75) is 25.5 Å². The molecule has 0 saturated carbocycles. The van der Waals surface area contributed by atoms with E-state index in [0.717, 1.165) is 24.2 Å². The molecule has 0 aliphatic rings. The number of ether oxygens (including phenoxy) is 2. The van der Waals surface area contributed by atoms with Gasteiger partial charge in [0.05, 0.1) is 19.5 Å². The van der Waals surface area contributed by atoms with Gasteiger partial charge in [-0.25, -0.2) is 4.98 Å².